The molecule has 178 valence electrons. The van der Waals surface area contributed by atoms with Gasteiger partial charge in [0.25, 0.3) is 0 Å². The van der Waals surface area contributed by atoms with Gasteiger partial charge in [-0.2, -0.15) is 4.98 Å². The summed E-state index contributed by atoms with van der Waals surface area (Å²) in [5.41, 5.74) is 2.00. The summed E-state index contributed by atoms with van der Waals surface area (Å²) in [5, 5.41) is 1.04. The van der Waals surface area contributed by atoms with Crippen LogP contribution in [-0.4, -0.2) is 62.8 Å². The Morgan fingerprint density at radius 1 is 0.788 bits per heavy atom. The smallest absolute Gasteiger partial charge is 0.227 e. The molecule has 0 unspecified atom stereocenters. The third-order valence-electron chi connectivity index (χ3n) is 6.15. The number of fused-ring (bicyclic) bond motifs is 1. The minimum atomic E-state index is 0.750. The van der Waals surface area contributed by atoms with Gasteiger partial charge in [0.15, 0.2) is 0 Å². The van der Waals surface area contributed by atoms with E-state index in [1.165, 1.54) is 32.1 Å². The summed E-state index contributed by atoms with van der Waals surface area (Å²) >= 11 is 0. The van der Waals surface area contributed by atoms with Crippen LogP contribution in [0, 0.1) is 0 Å². The van der Waals surface area contributed by atoms with E-state index in [0.717, 1.165) is 53.7 Å². The summed E-state index contributed by atoms with van der Waals surface area (Å²) in [7, 11) is 8.02. The van der Waals surface area contributed by atoms with Crippen LogP contribution >= 0.6 is 0 Å². The third-order valence-corrected chi connectivity index (χ3v) is 6.15. The zero-order valence-corrected chi connectivity index (χ0v) is 20.9. The minimum Gasteiger partial charge on any atom is -0.497 e. The Bertz CT molecular complexity index is 991. The molecule has 0 N–H and O–H groups in total. The summed E-state index contributed by atoms with van der Waals surface area (Å²) < 4.78 is 5.31. The van der Waals surface area contributed by atoms with Crippen molar-refractivity contribution < 1.29 is 4.74 Å². The SMILES string of the molecule is CCCCCCCN(C)CCN(C)c1nc(N(C)c2ccc(OC)cc2)c2ccccc2n1. The number of methoxy groups -OCH3 is 1. The summed E-state index contributed by atoms with van der Waals surface area (Å²) in [5.74, 6) is 2.49. The van der Waals surface area contributed by atoms with Crippen molar-refractivity contribution in [1.82, 2.24) is 14.9 Å². The monoisotopic (exact) mass is 449 g/mol. The van der Waals surface area contributed by atoms with Gasteiger partial charge in [-0.05, 0) is 56.4 Å². The first-order chi connectivity index (χ1) is 16.0. The van der Waals surface area contributed by atoms with E-state index in [-0.39, 0.29) is 0 Å². The molecule has 0 amide bonds. The van der Waals surface area contributed by atoms with Gasteiger partial charge in [-0.25, -0.2) is 4.98 Å². The second kappa shape index (κ2) is 12.4. The second-order valence-electron chi connectivity index (χ2n) is 8.76. The Morgan fingerprint density at radius 3 is 2.24 bits per heavy atom. The number of nitrogens with zero attached hydrogens (tertiary/aromatic N) is 5. The van der Waals surface area contributed by atoms with Crippen LogP contribution in [0.3, 0.4) is 0 Å². The highest BCUT2D eigenvalue weighted by Gasteiger charge is 2.15. The fourth-order valence-electron chi connectivity index (χ4n) is 3.92. The van der Waals surface area contributed by atoms with E-state index in [1.54, 1.807) is 7.11 Å². The Labute approximate surface area is 199 Å². The van der Waals surface area contributed by atoms with Crippen LogP contribution in [0.5, 0.6) is 5.75 Å². The molecule has 0 saturated heterocycles. The van der Waals surface area contributed by atoms with Gasteiger partial charge < -0.3 is 19.4 Å². The summed E-state index contributed by atoms with van der Waals surface area (Å²) in [4.78, 5) is 16.5. The molecule has 0 saturated carbocycles. The fraction of sp³-hybridized carbons (Fsp3) is 0.481. The van der Waals surface area contributed by atoms with E-state index in [2.05, 4.69) is 60.0 Å². The topological polar surface area (TPSA) is 44.7 Å². The highest BCUT2D eigenvalue weighted by molar-refractivity contribution is 5.92. The Balaban J connectivity index is 1.72. The van der Waals surface area contributed by atoms with Gasteiger partial charge >= 0.3 is 0 Å². The van der Waals surface area contributed by atoms with Crippen LogP contribution < -0.4 is 14.5 Å². The lowest BCUT2D eigenvalue weighted by molar-refractivity contribution is 0.330. The molecule has 6 nitrogen and oxygen atoms in total. The van der Waals surface area contributed by atoms with Gasteiger partial charge in [-0.3, -0.25) is 0 Å². The molecule has 0 aliphatic heterocycles. The van der Waals surface area contributed by atoms with E-state index in [4.69, 9.17) is 14.7 Å². The van der Waals surface area contributed by atoms with Crippen LogP contribution in [0.2, 0.25) is 0 Å². The number of likely N-dealkylation sites (N-methyl/N-ethyl adjacent to an activating group) is 2. The fourth-order valence-corrected chi connectivity index (χ4v) is 3.92. The Hall–Kier alpha value is -2.86. The van der Waals surface area contributed by atoms with Crippen molar-refractivity contribution in [2.45, 2.75) is 39.0 Å². The van der Waals surface area contributed by atoms with Crippen molar-refractivity contribution in [2.24, 2.45) is 0 Å². The number of para-hydroxylation sites is 1. The first-order valence-corrected chi connectivity index (χ1v) is 12.1. The molecule has 33 heavy (non-hydrogen) atoms. The molecule has 6 heteroatoms. The second-order valence-corrected chi connectivity index (χ2v) is 8.76. The molecule has 1 aromatic heterocycles. The molecule has 0 aliphatic carbocycles. The number of ether oxygens (including phenoxy) is 1. The summed E-state index contributed by atoms with van der Waals surface area (Å²) in [6.07, 6.45) is 6.58. The van der Waals surface area contributed by atoms with E-state index in [1.807, 2.05) is 31.3 Å². The number of hydrogen-bond acceptors (Lipinski definition) is 6. The number of benzene rings is 2. The maximum atomic E-state index is 5.31. The van der Waals surface area contributed by atoms with Crippen LogP contribution in [0.25, 0.3) is 10.9 Å². The first kappa shape index (κ1) is 24.8. The van der Waals surface area contributed by atoms with Crippen LogP contribution in [0.4, 0.5) is 17.5 Å². The average Bonchev–Trinajstić information content (AvgIpc) is 2.86. The molecule has 0 bridgehead atoms. The number of rotatable bonds is 13. The van der Waals surface area contributed by atoms with Crippen molar-refractivity contribution >= 4 is 28.4 Å². The summed E-state index contributed by atoms with van der Waals surface area (Å²) in [6.45, 7) is 5.28. The number of anilines is 3. The van der Waals surface area contributed by atoms with Crippen molar-refractivity contribution in [3.63, 3.8) is 0 Å². The van der Waals surface area contributed by atoms with Gasteiger partial charge in [0.1, 0.15) is 11.6 Å². The zero-order valence-electron chi connectivity index (χ0n) is 20.9. The van der Waals surface area contributed by atoms with E-state index >= 15 is 0 Å². The quantitative estimate of drug-likeness (QED) is 0.310. The lowest BCUT2D eigenvalue weighted by Crippen LogP contribution is -2.32. The molecular formula is C27H39N5O. The third kappa shape index (κ3) is 6.81. The zero-order chi connectivity index (χ0) is 23.6. The molecule has 0 fully saturated rings. The maximum absolute atomic E-state index is 5.31. The van der Waals surface area contributed by atoms with Crippen molar-refractivity contribution in [3.8, 4) is 5.75 Å². The molecule has 0 atom stereocenters. The highest BCUT2D eigenvalue weighted by Crippen LogP contribution is 2.31. The average molecular weight is 450 g/mol. The molecule has 3 aromatic rings. The number of unbranched alkanes of at least 4 members (excludes halogenated alkanes) is 4. The van der Waals surface area contributed by atoms with Gasteiger partial charge in [0.05, 0.1) is 12.6 Å². The number of hydrogen-bond donors (Lipinski definition) is 0. The summed E-state index contributed by atoms with van der Waals surface area (Å²) in [6, 6.07) is 16.3. The molecule has 0 radical (unpaired) electrons. The molecule has 0 spiro atoms. The normalized spacial score (nSPS) is 11.2. The largest absolute Gasteiger partial charge is 0.497 e. The Kier molecular flexibility index (Phi) is 9.31. The Morgan fingerprint density at radius 2 is 1.52 bits per heavy atom. The van der Waals surface area contributed by atoms with E-state index in [0.29, 0.717) is 0 Å². The van der Waals surface area contributed by atoms with Gasteiger partial charge in [0, 0.05) is 38.3 Å². The van der Waals surface area contributed by atoms with Crippen molar-refractivity contribution in [3.05, 3.63) is 48.5 Å². The highest BCUT2D eigenvalue weighted by atomic mass is 16.5. The number of aromatic nitrogens is 2. The lowest BCUT2D eigenvalue weighted by atomic mass is 10.1. The first-order valence-electron chi connectivity index (χ1n) is 12.1. The van der Waals surface area contributed by atoms with Crippen molar-refractivity contribution in [2.75, 3.05) is 57.7 Å². The predicted octanol–water partition coefficient (Wildman–Crippen LogP) is 5.74. The molecule has 3 rings (SSSR count). The van der Waals surface area contributed by atoms with Crippen LogP contribution in [0.15, 0.2) is 48.5 Å². The van der Waals surface area contributed by atoms with Crippen LogP contribution in [-0.2, 0) is 0 Å². The predicted molar refractivity (Wildman–Crippen MR) is 140 cm³/mol. The van der Waals surface area contributed by atoms with Gasteiger partial charge in [-0.15, -0.1) is 0 Å². The molecule has 1 heterocycles. The molecule has 2 aromatic carbocycles. The lowest BCUT2D eigenvalue weighted by Gasteiger charge is -2.25. The molecule has 0 aliphatic rings. The van der Waals surface area contributed by atoms with Gasteiger partial charge in [0.2, 0.25) is 5.95 Å². The van der Waals surface area contributed by atoms with E-state index < -0.39 is 0 Å². The molecular weight excluding hydrogens is 410 g/mol. The van der Waals surface area contributed by atoms with Crippen LogP contribution in [0.1, 0.15) is 39.0 Å². The van der Waals surface area contributed by atoms with Gasteiger partial charge in [-0.1, -0.05) is 44.7 Å². The maximum Gasteiger partial charge on any atom is 0.227 e. The van der Waals surface area contributed by atoms with Crippen molar-refractivity contribution in [1.29, 1.82) is 0 Å². The van der Waals surface area contributed by atoms with E-state index in [9.17, 15) is 0 Å². The minimum absolute atomic E-state index is 0.750. The standard InChI is InChI=1S/C27H39N5O/c1-6-7-8-9-12-19-30(2)20-21-31(3)27-28-25-14-11-10-13-24(25)26(29-27)32(4)22-15-17-23(33-5)18-16-22/h10-11,13-18H,6-9,12,19-21H2,1-5H3.